The SMILES string of the molecule is CN1C(=O)[C@@H]2[C@@H]3CNC(=O)[C@@](C)(N3)[C@@H]2C1=O. The number of rotatable bonds is 0. The topological polar surface area (TPSA) is 78.5 Å². The number of carbonyl (C=O) groups is 3. The molecule has 3 saturated heterocycles. The van der Waals surface area contributed by atoms with E-state index in [1.807, 2.05) is 0 Å². The molecule has 86 valence electrons. The Labute approximate surface area is 92.4 Å². The maximum absolute atomic E-state index is 12.0. The average Bonchev–Trinajstić information content (AvgIpc) is 2.63. The molecule has 6 nitrogen and oxygen atoms in total. The highest BCUT2D eigenvalue weighted by Gasteiger charge is 2.67. The monoisotopic (exact) mass is 223 g/mol. The Balaban J connectivity index is 2.12. The van der Waals surface area contributed by atoms with Crippen molar-refractivity contribution >= 4 is 17.7 Å². The van der Waals surface area contributed by atoms with Gasteiger partial charge in [0.25, 0.3) is 0 Å². The van der Waals surface area contributed by atoms with Crippen LogP contribution in [0.5, 0.6) is 0 Å². The van der Waals surface area contributed by atoms with E-state index in [9.17, 15) is 14.4 Å². The molecule has 6 heteroatoms. The quantitative estimate of drug-likeness (QED) is 0.469. The van der Waals surface area contributed by atoms with Crippen molar-refractivity contribution < 1.29 is 14.4 Å². The van der Waals surface area contributed by atoms with E-state index in [0.29, 0.717) is 6.54 Å². The van der Waals surface area contributed by atoms with Crippen LogP contribution in [0.15, 0.2) is 0 Å². The molecule has 0 aromatic rings. The van der Waals surface area contributed by atoms with Gasteiger partial charge in [-0.2, -0.15) is 0 Å². The molecular weight excluding hydrogens is 210 g/mol. The van der Waals surface area contributed by atoms with E-state index in [-0.39, 0.29) is 29.7 Å². The first kappa shape index (κ1) is 9.77. The number of hydrogen-bond acceptors (Lipinski definition) is 4. The molecule has 0 aromatic heterocycles. The minimum atomic E-state index is -0.926. The number of nitrogens with one attached hydrogen (secondary N) is 2. The van der Waals surface area contributed by atoms with Crippen LogP contribution in [0.2, 0.25) is 0 Å². The zero-order valence-electron chi connectivity index (χ0n) is 9.11. The highest BCUT2D eigenvalue weighted by molar-refractivity contribution is 6.10. The van der Waals surface area contributed by atoms with E-state index < -0.39 is 11.5 Å². The zero-order chi connectivity index (χ0) is 11.7. The summed E-state index contributed by atoms with van der Waals surface area (Å²) in [6.07, 6.45) is 0. The van der Waals surface area contributed by atoms with Crippen LogP contribution in [-0.4, -0.2) is 47.8 Å². The lowest BCUT2D eigenvalue weighted by molar-refractivity contribution is -0.142. The van der Waals surface area contributed by atoms with E-state index >= 15 is 0 Å². The lowest BCUT2D eigenvalue weighted by Crippen LogP contribution is -2.64. The van der Waals surface area contributed by atoms with E-state index in [0.717, 1.165) is 4.90 Å². The first-order valence-corrected chi connectivity index (χ1v) is 5.34. The fraction of sp³-hybridized carbons (Fsp3) is 0.700. The molecule has 3 aliphatic heterocycles. The number of hydrogen-bond donors (Lipinski definition) is 2. The lowest BCUT2D eigenvalue weighted by atomic mass is 9.82. The molecule has 0 unspecified atom stereocenters. The van der Waals surface area contributed by atoms with Crippen molar-refractivity contribution in [2.75, 3.05) is 13.6 Å². The van der Waals surface area contributed by atoms with Crippen molar-refractivity contribution in [3.8, 4) is 0 Å². The number of imide groups is 1. The summed E-state index contributed by atoms with van der Waals surface area (Å²) in [6, 6.07) is -0.117. The fourth-order valence-corrected chi connectivity index (χ4v) is 3.18. The zero-order valence-corrected chi connectivity index (χ0v) is 9.11. The smallest absolute Gasteiger partial charge is 0.240 e. The van der Waals surface area contributed by atoms with Gasteiger partial charge in [0.1, 0.15) is 5.54 Å². The Morgan fingerprint density at radius 2 is 2.00 bits per heavy atom. The van der Waals surface area contributed by atoms with Gasteiger partial charge in [-0.3, -0.25) is 24.6 Å². The predicted molar refractivity (Wildman–Crippen MR) is 53.1 cm³/mol. The maximum atomic E-state index is 12.0. The minimum Gasteiger partial charge on any atom is -0.353 e. The summed E-state index contributed by atoms with van der Waals surface area (Å²) in [4.78, 5) is 36.9. The van der Waals surface area contributed by atoms with Gasteiger partial charge in [0.05, 0.1) is 11.8 Å². The number of amides is 3. The summed E-state index contributed by atoms with van der Waals surface area (Å²) in [5, 5.41) is 5.86. The first-order valence-electron chi connectivity index (χ1n) is 5.34. The molecule has 0 aliphatic carbocycles. The summed E-state index contributed by atoms with van der Waals surface area (Å²) < 4.78 is 0. The summed E-state index contributed by atoms with van der Waals surface area (Å²) in [6.45, 7) is 2.12. The van der Waals surface area contributed by atoms with Gasteiger partial charge in [0.2, 0.25) is 17.7 Å². The molecule has 0 spiro atoms. The highest BCUT2D eigenvalue weighted by Crippen LogP contribution is 2.43. The molecule has 0 saturated carbocycles. The standard InChI is InChI=1S/C10H13N3O3/c1-10-6-5(7(14)13(2)8(6)15)4(12-10)3-11-9(10)16/h4-6,12H,3H2,1-2H3,(H,11,16)/t4-,5+,6-,10-/m0/s1. The van der Waals surface area contributed by atoms with Crippen molar-refractivity contribution in [2.24, 2.45) is 11.8 Å². The third-order valence-corrected chi connectivity index (χ3v) is 4.07. The summed E-state index contributed by atoms with van der Waals surface area (Å²) in [5.74, 6) is -1.54. The van der Waals surface area contributed by atoms with Crippen LogP contribution in [0.3, 0.4) is 0 Å². The van der Waals surface area contributed by atoms with Crippen LogP contribution in [0.25, 0.3) is 0 Å². The van der Waals surface area contributed by atoms with E-state index in [1.54, 1.807) is 6.92 Å². The second kappa shape index (κ2) is 2.63. The van der Waals surface area contributed by atoms with E-state index in [1.165, 1.54) is 7.05 Å². The Morgan fingerprint density at radius 1 is 1.31 bits per heavy atom. The first-order chi connectivity index (χ1) is 7.47. The fourth-order valence-electron chi connectivity index (χ4n) is 3.18. The molecule has 2 bridgehead atoms. The number of carbonyl (C=O) groups excluding carboxylic acids is 3. The van der Waals surface area contributed by atoms with Gasteiger partial charge in [-0.25, -0.2) is 0 Å². The van der Waals surface area contributed by atoms with E-state index in [4.69, 9.17) is 0 Å². The van der Waals surface area contributed by atoms with Crippen LogP contribution in [0.1, 0.15) is 6.92 Å². The molecule has 3 aliphatic rings. The molecule has 3 amide bonds. The van der Waals surface area contributed by atoms with Gasteiger partial charge >= 0.3 is 0 Å². The van der Waals surface area contributed by atoms with Crippen LogP contribution in [0.4, 0.5) is 0 Å². The predicted octanol–water partition coefficient (Wildman–Crippen LogP) is -1.92. The van der Waals surface area contributed by atoms with Gasteiger partial charge < -0.3 is 5.32 Å². The largest absolute Gasteiger partial charge is 0.353 e. The number of likely N-dealkylation sites (tertiary alicyclic amines) is 1. The van der Waals surface area contributed by atoms with Crippen LogP contribution >= 0.6 is 0 Å². The summed E-state index contributed by atoms with van der Waals surface area (Å²) in [5.41, 5.74) is -0.926. The van der Waals surface area contributed by atoms with Gasteiger partial charge in [0.15, 0.2) is 0 Å². The van der Waals surface area contributed by atoms with Crippen LogP contribution in [-0.2, 0) is 14.4 Å². The molecule has 3 fully saturated rings. The molecule has 0 aromatic carbocycles. The minimum absolute atomic E-state index is 0.117. The van der Waals surface area contributed by atoms with Crippen LogP contribution < -0.4 is 10.6 Å². The molecular formula is C10H13N3O3. The highest BCUT2D eigenvalue weighted by atomic mass is 16.2. The summed E-state index contributed by atoms with van der Waals surface area (Å²) in [7, 11) is 1.49. The molecule has 3 rings (SSSR count). The van der Waals surface area contributed by atoms with Crippen molar-refractivity contribution in [3.63, 3.8) is 0 Å². The van der Waals surface area contributed by atoms with Crippen molar-refractivity contribution in [1.29, 1.82) is 0 Å². The van der Waals surface area contributed by atoms with Crippen molar-refractivity contribution in [2.45, 2.75) is 18.5 Å². The number of nitrogens with zero attached hydrogens (tertiary/aromatic N) is 1. The Morgan fingerprint density at radius 3 is 2.69 bits per heavy atom. The molecule has 2 N–H and O–H groups in total. The molecule has 3 heterocycles. The second-order valence-corrected chi connectivity index (χ2v) is 4.90. The van der Waals surface area contributed by atoms with Crippen molar-refractivity contribution in [1.82, 2.24) is 15.5 Å². The third-order valence-electron chi connectivity index (χ3n) is 4.07. The Hall–Kier alpha value is -1.43. The Kier molecular flexibility index (Phi) is 1.60. The Bertz CT molecular complexity index is 422. The summed E-state index contributed by atoms with van der Waals surface area (Å²) >= 11 is 0. The molecule has 4 atom stereocenters. The number of piperazine rings is 1. The van der Waals surface area contributed by atoms with E-state index in [2.05, 4.69) is 10.6 Å². The molecule has 0 radical (unpaired) electrons. The third kappa shape index (κ3) is 0.847. The second-order valence-electron chi connectivity index (χ2n) is 4.90. The molecule has 16 heavy (non-hydrogen) atoms. The normalized spacial score (nSPS) is 46.0. The average molecular weight is 223 g/mol. The van der Waals surface area contributed by atoms with Gasteiger partial charge in [0, 0.05) is 19.6 Å². The van der Waals surface area contributed by atoms with Crippen LogP contribution in [0, 0.1) is 11.8 Å². The van der Waals surface area contributed by atoms with Gasteiger partial charge in [-0.05, 0) is 6.92 Å². The van der Waals surface area contributed by atoms with Gasteiger partial charge in [-0.15, -0.1) is 0 Å². The lowest BCUT2D eigenvalue weighted by Gasteiger charge is -2.33. The maximum Gasteiger partial charge on any atom is 0.240 e. The number of fused-ring (bicyclic) bond motifs is 5. The van der Waals surface area contributed by atoms with Crippen molar-refractivity contribution in [3.05, 3.63) is 0 Å². The van der Waals surface area contributed by atoms with Gasteiger partial charge in [-0.1, -0.05) is 0 Å².